The van der Waals surface area contributed by atoms with Crippen molar-refractivity contribution in [3.05, 3.63) is 29.6 Å². The zero-order valence-corrected chi connectivity index (χ0v) is 17.8. The third-order valence-corrected chi connectivity index (χ3v) is 7.48. The number of aromatic nitrogens is 1. The van der Waals surface area contributed by atoms with Crippen LogP contribution in [0.25, 0.3) is 10.2 Å². The van der Waals surface area contributed by atoms with Crippen molar-refractivity contribution in [3.63, 3.8) is 0 Å². The molecule has 1 saturated heterocycles. The fourth-order valence-electron chi connectivity index (χ4n) is 3.62. The molecule has 1 fully saturated rings. The van der Waals surface area contributed by atoms with E-state index in [-0.39, 0.29) is 11.8 Å². The highest BCUT2D eigenvalue weighted by molar-refractivity contribution is 7.88. The molecule has 8 nitrogen and oxygen atoms in total. The minimum Gasteiger partial charge on any atom is -0.486 e. The van der Waals surface area contributed by atoms with E-state index in [1.54, 1.807) is 6.08 Å². The van der Waals surface area contributed by atoms with Gasteiger partial charge in [-0.1, -0.05) is 17.4 Å². The van der Waals surface area contributed by atoms with E-state index in [9.17, 15) is 13.2 Å². The van der Waals surface area contributed by atoms with Gasteiger partial charge in [-0.2, -0.15) is 4.99 Å². The first kappa shape index (κ1) is 20.1. The summed E-state index contributed by atoms with van der Waals surface area (Å²) in [5.74, 6) is 0.905. The van der Waals surface area contributed by atoms with Gasteiger partial charge < -0.3 is 14.0 Å². The number of sulfonamides is 1. The van der Waals surface area contributed by atoms with Gasteiger partial charge in [-0.05, 0) is 12.8 Å². The molecule has 156 valence electrons. The number of ether oxygens (including phenoxy) is 2. The molecule has 0 spiro atoms. The molecule has 2 aliphatic heterocycles. The highest BCUT2D eigenvalue weighted by Crippen LogP contribution is 2.35. The smallest absolute Gasteiger partial charge is 0.251 e. The Bertz CT molecular complexity index is 1120. The highest BCUT2D eigenvalue weighted by atomic mass is 32.2. The summed E-state index contributed by atoms with van der Waals surface area (Å²) in [5, 5.41) is 0. The maximum absolute atomic E-state index is 12.8. The van der Waals surface area contributed by atoms with Gasteiger partial charge in [0, 0.05) is 37.7 Å². The van der Waals surface area contributed by atoms with Crippen molar-refractivity contribution >= 4 is 37.5 Å². The summed E-state index contributed by atoms with van der Waals surface area (Å²) >= 11 is 1.42. The van der Waals surface area contributed by atoms with E-state index in [0.29, 0.717) is 62.0 Å². The van der Waals surface area contributed by atoms with E-state index in [1.807, 2.05) is 16.7 Å². The van der Waals surface area contributed by atoms with Crippen molar-refractivity contribution < 1.29 is 22.7 Å². The number of piperidine rings is 1. The second-order valence-corrected chi connectivity index (χ2v) is 10.1. The molecule has 1 amide bonds. The summed E-state index contributed by atoms with van der Waals surface area (Å²) in [5.41, 5.74) is 0.914. The van der Waals surface area contributed by atoms with Crippen molar-refractivity contribution in [2.75, 3.05) is 32.6 Å². The number of carbonyl (C=O) groups excluding carboxylic acids is 1. The van der Waals surface area contributed by atoms with Gasteiger partial charge in [-0.3, -0.25) is 4.79 Å². The van der Waals surface area contributed by atoms with E-state index in [1.165, 1.54) is 21.9 Å². The number of hydrogen-bond acceptors (Lipinski definition) is 6. The van der Waals surface area contributed by atoms with Crippen LogP contribution in [-0.2, 0) is 21.4 Å². The predicted octanol–water partition coefficient (Wildman–Crippen LogP) is 1.76. The first-order valence-electron chi connectivity index (χ1n) is 9.44. The second-order valence-electron chi connectivity index (χ2n) is 7.13. The van der Waals surface area contributed by atoms with Gasteiger partial charge in [0.1, 0.15) is 13.2 Å². The predicted molar refractivity (Wildman–Crippen MR) is 111 cm³/mol. The lowest BCUT2D eigenvalue weighted by Crippen LogP contribution is -2.39. The Morgan fingerprint density at radius 1 is 1.28 bits per heavy atom. The maximum atomic E-state index is 12.8. The molecular weight excluding hydrogens is 414 g/mol. The number of amides is 1. The Hall–Kier alpha value is -2.17. The zero-order chi connectivity index (χ0) is 20.6. The molecule has 1 aromatic carbocycles. The van der Waals surface area contributed by atoms with Crippen molar-refractivity contribution in [3.8, 4) is 11.5 Å². The standard InChI is InChI=1S/C19H23N3O5S2/c1-3-6-22-14-11-15-16(27-10-9-26-15)12-17(14)28-19(22)20-18(23)13-4-7-21(8-5-13)29(2,24)25/h3,11-13H,1,4-10H2,2H3. The number of rotatable bonds is 4. The van der Waals surface area contributed by atoms with Crippen LogP contribution in [-0.4, -0.2) is 55.8 Å². The Morgan fingerprint density at radius 3 is 2.55 bits per heavy atom. The van der Waals surface area contributed by atoms with Crippen LogP contribution in [0.15, 0.2) is 29.8 Å². The zero-order valence-electron chi connectivity index (χ0n) is 16.2. The van der Waals surface area contributed by atoms with Gasteiger partial charge in [0.2, 0.25) is 10.0 Å². The minimum absolute atomic E-state index is 0.209. The summed E-state index contributed by atoms with van der Waals surface area (Å²) in [4.78, 5) is 17.8. The Morgan fingerprint density at radius 2 is 1.93 bits per heavy atom. The Kier molecular flexibility index (Phi) is 5.50. The average Bonchev–Trinajstić information content (AvgIpc) is 3.02. The molecule has 0 unspecified atom stereocenters. The molecule has 0 saturated carbocycles. The number of carbonyl (C=O) groups is 1. The van der Waals surface area contributed by atoms with E-state index in [4.69, 9.17) is 9.47 Å². The molecule has 10 heteroatoms. The number of allylic oxidation sites excluding steroid dienone is 1. The monoisotopic (exact) mass is 437 g/mol. The molecule has 2 aromatic rings. The van der Waals surface area contributed by atoms with Crippen molar-refractivity contribution in [2.45, 2.75) is 19.4 Å². The number of fused-ring (bicyclic) bond motifs is 2. The van der Waals surface area contributed by atoms with Crippen LogP contribution >= 0.6 is 11.3 Å². The SMILES string of the molecule is C=CCn1c(=NC(=O)C2CCN(S(C)(=O)=O)CC2)sc2cc3c(cc21)OCCO3. The minimum atomic E-state index is -3.22. The lowest BCUT2D eigenvalue weighted by Gasteiger charge is -2.28. The number of nitrogens with zero attached hydrogens (tertiary/aromatic N) is 3. The molecule has 1 aromatic heterocycles. The Balaban J connectivity index is 1.65. The number of hydrogen-bond donors (Lipinski definition) is 0. The van der Waals surface area contributed by atoms with Crippen LogP contribution in [0, 0.1) is 5.92 Å². The molecule has 0 radical (unpaired) electrons. The third kappa shape index (κ3) is 4.10. The second kappa shape index (κ2) is 7.92. The van der Waals surface area contributed by atoms with Gasteiger partial charge in [0.25, 0.3) is 5.91 Å². The fourth-order valence-corrected chi connectivity index (χ4v) is 5.55. The molecule has 29 heavy (non-hydrogen) atoms. The van der Waals surface area contributed by atoms with Crippen LogP contribution in [0.1, 0.15) is 12.8 Å². The van der Waals surface area contributed by atoms with E-state index < -0.39 is 10.0 Å². The van der Waals surface area contributed by atoms with Crippen LogP contribution in [0.2, 0.25) is 0 Å². The molecule has 0 atom stereocenters. The van der Waals surface area contributed by atoms with Gasteiger partial charge in [0.15, 0.2) is 16.3 Å². The lowest BCUT2D eigenvalue weighted by atomic mass is 9.98. The molecule has 2 aliphatic rings. The number of benzene rings is 1. The van der Waals surface area contributed by atoms with Gasteiger partial charge >= 0.3 is 0 Å². The van der Waals surface area contributed by atoms with Crippen LogP contribution in [0.5, 0.6) is 11.5 Å². The van der Waals surface area contributed by atoms with Gasteiger partial charge in [0.05, 0.1) is 16.5 Å². The van der Waals surface area contributed by atoms with Crippen LogP contribution in [0.4, 0.5) is 0 Å². The molecule has 3 heterocycles. The maximum Gasteiger partial charge on any atom is 0.251 e. The van der Waals surface area contributed by atoms with Gasteiger partial charge in [-0.25, -0.2) is 12.7 Å². The largest absolute Gasteiger partial charge is 0.486 e. The van der Waals surface area contributed by atoms with E-state index in [2.05, 4.69) is 11.6 Å². The lowest BCUT2D eigenvalue weighted by molar-refractivity contribution is -0.122. The Labute approximate surface area is 173 Å². The summed E-state index contributed by atoms with van der Waals surface area (Å²) in [6, 6.07) is 3.83. The van der Waals surface area contributed by atoms with Crippen LogP contribution < -0.4 is 14.3 Å². The van der Waals surface area contributed by atoms with Crippen molar-refractivity contribution in [2.24, 2.45) is 10.9 Å². The third-order valence-electron chi connectivity index (χ3n) is 5.14. The van der Waals surface area contributed by atoms with Crippen LogP contribution in [0.3, 0.4) is 0 Å². The summed E-state index contributed by atoms with van der Waals surface area (Å²) in [6.07, 6.45) is 3.93. The average molecular weight is 438 g/mol. The van der Waals surface area contributed by atoms with Crippen molar-refractivity contribution in [1.29, 1.82) is 0 Å². The van der Waals surface area contributed by atoms with E-state index >= 15 is 0 Å². The molecule has 0 aliphatic carbocycles. The summed E-state index contributed by atoms with van der Waals surface area (Å²) < 4.78 is 39.0. The molecule has 0 bridgehead atoms. The van der Waals surface area contributed by atoms with E-state index in [0.717, 1.165) is 10.2 Å². The normalized spacial score (nSPS) is 18.9. The molecule has 0 N–H and O–H groups in total. The first-order chi connectivity index (χ1) is 13.9. The molecule has 4 rings (SSSR count). The topological polar surface area (TPSA) is 90.2 Å². The summed E-state index contributed by atoms with van der Waals surface area (Å²) in [7, 11) is -3.22. The summed E-state index contributed by atoms with van der Waals surface area (Å²) in [6.45, 7) is 6.05. The quantitative estimate of drug-likeness (QED) is 0.680. The first-order valence-corrected chi connectivity index (χ1v) is 12.1. The molecular formula is C19H23N3O5S2. The fraction of sp³-hybridized carbons (Fsp3) is 0.474. The van der Waals surface area contributed by atoms with Crippen molar-refractivity contribution in [1.82, 2.24) is 8.87 Å². The number of thiazole rings is 1. The van der Waals surface area contributed by atoms with Gasteiger partial charge in [-0.15, -0.1) is 6.58 Å². The highest BCUT2D eigenvalue weighted by Gasteiger charge is 2.29.